The van der Waals surface area contributed by atoms with Crippen molar-refractivity contribution in [3.05, 3.63) is 58.6 Å². The number of nitrogens with zero attached hydrogens (tertiary/aromatic N) is 2. The van der Waals surface area contributed by atoms with Crippen LogP contribution in [0.2, 0.25) is 5.02 Å². The van der Waals surface area contributed by atoms with Crippen molar-refractivity contribution in [1.29, 1.82) is 5.53 Å². The minimum absolute atomic E-state index is 0.366. The largest absolute Gasteiger partial charge is 0.370 e. The summed E-state index contributed by atoms with van der Waals surface area (Å²) in [5, 5.41) is 10.7. The second kappa shape index (κ2) is 8.28. The number of hydrazine groups is 1. The van der Waals surface area contributed by atoms with Crippen LogP contribution in [0.5, 0.6) is 0 Å². The zero-order valence-electron chi connectivity index (χ0n) is 15.8. The SMILES string of the molecule is N=NC(=O)c1cccc2c1NC1(CCNCC1)C(NNCc1cccc(Cl)c1)=N2. The highest BCUT2D eigenvalue weighted by molar-refractivity contribution is 6.30. The van der Waals surface area contributed by atoms with Crippen LogP contribution in [-0.2, 0) is 6.54 Å². The third-order valence-corrected chi connectivity index (χ3v) is 5.50. The number of para-hydroxylation sites is 1. The molecule has 1 fully saturated rings. The average Bonchev–Trinajstić information content (AvgIpc) is 2.74. The van der Waals surface area contributed by atoms with Gasteiger partial charge in [-0.05, 0) is 55.8 Å². The highest BCUT2D eigenvalue weighted by atomic mass is 35.5. The molecule has 0 aliphatic carbocycles. The third-order valence-electron chi connectivity index (χ3n) is 5.27. The summed E-state index contributed by atoms with van der Waals surface area (Å²) in [7, 11) is 0. The first-order valence-corrected chi connectivity index (χ1v) is 9.85. The number of anilines is 1. The maximum atomic E-state index is 12.1. The lowest BCUT2D eigenvalue weighted by Gasteiger charge is -2.43. The molecule has 1 spiro atoms. The maximum Gasteiger partial charge on any atom is 0.297 e. The van der Waals surface area contributed by atoms with Crippen LogP contribution >= 0.6 is 11.6 Å². The second-order valence-corrected chi connectivity index (χ2v) is 7.58. The van der Waals surface area contributed by atoms with Gasteiger partial charge in [-0.1, -0.05) is 29.8 Å². The Morgan fingerprint density at radius 3 is 2.79 bits per heavy atom. The van der Waals surface area contributed by atoms with Gasteiger partial charge >= 0.3 is 0 Å². The first-order valence-electron chi connectivity index (χ1n) is 9.47. The van der Waals surface area contributed by atoms with E-state index in [1.165, 1.54) is 0 Å². The second-order valence-electron chi connectivity index (χ2n) is 7.14. The summed E-state index contributed by atoms with van der Waals surface area (Å²) in [6.07, 6.45) is 1.61. The van der Waals surface area contributed by atoms with Crippen LogP contribution < -0.4 is 21.5 Å². The number of nitrogens with one attached hydrogen (secondary N) is 5. The molecular weight excluding hydrogens is 390 g/mol. The minimum atomic E-state index is -0.580. The number of fused-ring (bicyclic) bond motifs is 1. The molecule has 4 rings (SSSR count). The van der Waals surface area contributed by atoms with Crippen molar-refractivity contribution in [3.63, 3.8) is 0 Å². The fourth-order valence-corrected chi connectivity index (χ4v) is 3.98. The van der Waals surface area contributed by atoms with Crippen LogP contribution in [-0.4, -0.2) is 30.4 Å². The highest BCUT2D eigenvalue weighted by Crippen LogP contribution is 2.39. The molecule has 2 heterocycles. The summed E-state index contributed by atoms with van der Waals surface area (Å²) < 4.78 is 0. The molecule has 1 saturated heterocycles. The number of piperidine rings is 1. The summed E-state index contributed by atoms with van der Waals surface area (Å²) >= 11 is 6.06. The van der Waals surface area contributed by atoms with Crippen molar-refractivity contribution in [3.8, 4) is 0 Å². The average molecular weight is 412 g/mol. The van der Waals surface area contributed by atoms with Crippen molar-refractivity contribution in [2.45, 2.75) is 24.9 Å². The molecule has 0 atom stereocenters. The number of hydrogen-bond acceptors (Lipinski definition) is 7. The lowest BCUT2D eigenvalue weighted by atomic mass is 9.84. The van der Waals surface area contributed by atoms with Gasteiger partial charge in [0.05, 0.1) is 22.5 Å². The van der Waals surface area contributed by atoms with E-state index in [2.05, 4.69) is 26.6 Å². The summed E-state index contributed by atoms with van der Waals surface area (Å²) in [5.74, 6) is 0.199. The Balaban J connectivity index is 1.62. The Hall–Kier alpha value is -2.81. The Kier molecular flexibility index (Phi) is 5.57. The maximum absolute atomic E-state index is 12.1. The van der Waals surface area contributed by atoms with E-state index < -0.39 is 11.4 Å². The van der Waals surface area contributed by atoms with Gasteiger partial charge in [-0.25, -0.2) is 15.9 Å². The van der Waals surface area contributed by atoms with Crippen LogP contribution in [0, 0.1) is 5.53 Å². The van der Waals surface area contributed by atoms with E-state index in [-0.39, 0.29) is 0 Å². The molecule has 29 heavy (non-hydrogen) atoms. The standard InChI is InChI=1S/C20H22ClN7O/c21-14-4-1-3-13(11-14)12-24-28-19-20(7-9-23-10-8-20)26-17-15(18(29)27-22)5-2-6-16(17)25-19/h1-6,11,22-24,26H,7-10,12H2,(H,25,28). The van der Waals surface area contributed by atoms with Crippen LogP contribution in [0.3, 0.4) is 0 Å². The van der Waals surface area contributed by atoms with Crippen molar-refractivity contribution in [2.24, 2.45) is 10.1 Å². The Morgan fingerprint density at radius 1 is 1.24 bits per heavy atom. The number of benzene rings is 2. The number of carbonyl (C=O) groups is 1. The third kappa shape index (κ3) is 4.00. The van der Waals surface area contributed by atoms with Crippen molar-refractivity contribution < 1.29 is 4.79 Å². The van der Waals surface area contributed by atoms with Crippen LogP contribution in [0.25, 0.3) is 0 Å². The van der Waals surface area contributed by atoms with E-state index in [9.17, 15) is 4.79 Å². The summed E-state index contributed by atoms with van der Waals surface area (Å²) in [5.41, 5.74) is 15.9. The molecule has 0 bridgehead atoms. The number of hydrogen-bond donors (Lipinski definition) is 5. The van der Waals surface area contributed by atoms with Gasteiger partial charge < -0.3 is 16.1 Å². The smallest absolute Gasteiger partial charge is 0.297 e. The first kappa shape index (κ1) is 19.5. The zero-order chi connectivity index (χ0) is 20.3. The van der Waals surface area contributed by atoms with E-state index in [1.807, 2.05) is 30.3 Å². The van der Waals surface area contributed by atoms with E-state index >= 15 is 0 Å². The molecule has 0 unspecified atom stereocenters. The summed E-state index contributed by atoms with van der Waals surface area (Å²) in [6, 6.07) is 12.9. The van der Waals surface area contributed by atoms with E-state index in [4.69, 9.17) is 22.1 Å². The predicted octanol–water partition coefficient (Wildman–Crippen LogP) is 3.38. The number of amidine groups is 1. The highest BCUT2D eigenvalue weighted by Gasteiger charge is 2.41. The number of carbonyl (C=O) groups excluding carboxylic acids is 1. The molecule has 0 radical (unpaired) electrons. The molecule has 8 nitrogen and oxygen atoms in total. The summed E-state index contributed by atoms with van der Waals surface area (Å²) in [4.78, 5) is 16.9. The van der Waals surface area contributed by atoms with Gasteiger partial charge in [-0.2, -0.15) is 0 Å². The molecule has 2 aromatic carbocycles. The number of amides is 1. The Bertz CT molecular complexity index is 969. The quantitative estimate of drug-likeness (QED) is 0.391. The number of halogens is 1. The van der Waals surface area contributed by atoms with Gasteiger partial charge in [0, 0.05) is 11.6 Å². The topological polar surface area (TPSA) is 114 Å². The van der Waals surface area contributed by atoms with E-state index in [0.717, 1.165) is 37.3 Å². The fourth-order valence-electron chi connectivity index (χ4n) is 3.77. The number of aliphatic imine (C=N–C) groups is 1. The molecule has 5 N–H and O–H groups in total. The van der Waals surface area contributed by atoms with E-state index in [1.54, 1.807) is 12.1 Å². The zero-order valence-corrected chi connectivity index (χ0v) is 16.5. The van der Waals surface area contributed by atoms with Crippen molar-refractivity contribution in [2.75, 3.05) is 18.4 Å². The van der Waals surface area contributed by atoms with Crippen molar-refractivity contribution >= 4 is 34.7 Å². The van der Waals surface area contributed by atoms with Gasteiger partial charge in [0.2, 0.25) is 0 Å². The minimum Gasteiger partial charge on any atom is -0.370 e. The van der Waals surface area contributed by atoms with Gasteiger partial charge in [-0.3, -0.25) is 4.79 Å². The normalized spacial score (nSPS) is 17.1. The number of rotatable bonds is 4. The van der Waals surface area contributed by atoms with E-state index in [0.29, 0.717) is 28.5 Å². The molecule has 1 amide bonds. The van der Waals surface area contributed by atoms with Crippen LogP contribution in [0.15, 0.2) is 52.6 Å². The van der Waals surface area contributed by atoms with Crippen LogP contribution in [0.1, 0.15) is 28.8 Å². The molecular formula is C20H22ClN7O. The molecule has 0 aromatic heterocycles. The molecule has 9 heteroatoms. The lowest BCUT2D eigenvalue weighted by molar-refractivity contribution is 0.0991. The molecule has 2 aromatic rings. The van der Waals surface area contributed by atoms with Crippen LogP contribution in [0.4, 0.5) is 11.4 Å². The predicted molar refractivity (Wildman–Crippen MR) is 113 cm³/mol. The Labute approximate surface area is 173 Å². The monoisotopic (exact) mass is 411 g/mol. The summed E-state index contributed by atoms with van der Waals surface area (Å²) in [6.45, 7) is 2.24. The Morgan fingerprint density at radius 2 is 2.03 bits per heavy atom. The van der Waals surface area contributed by atoms with Gasteiger partial charge in [0.1, 0.15) is 5.84 Å². The fraction of sp³-hybridized carbons (Fsp3) is 0.300. The van der Waals surface area contributed by atoms with Gasteiger partial charge in [0.15, 0.2) is 0 Å². The molecule has 0 saturated carbocycles. The molecule has 2 aliphatic rings. The lowest BCUT2D eigenvalue weighted by Crippen LogP contribution is -2.61. The molecule has 2 aliphatic heterocycles. The first-order chi connectivity index (χ1) is 14.1. The molecule has 150 valence electrons. The van der Waals surface area contributed by atoms with Gasteiger partial charge in [0.25, 0.3) is 5.91 Å². The van der Waals surface area contributed by atoms with Gasteiger partial charge in [-0.15, -0.1) is 5.11 Å². The van der Waals surface area contributed by atoms with Crippen molar-refractivity contribution in [1.82, 2.24) is 16.2 Å².